The third-order valence-corrected chi connectivity index (χ3v) is 4.25. The van der Waals surface area contributed by atoms with Crippen LogP contribution in [-0.4, -0.2) is 16.3 Å². The maximum atomic E-state index is 4.17. The number of aryl methyl sites for hydroxylation is 2. The summed E-state index contributed by atoms with van der Waals surface area (Å²) >= 11 is 1.83. The first-order valence-electron chi connectivity index (χ1n) is 5.92. The van der Waals surface area contributed by atoms with Gasteiger partial charge in [0.15, 0.2) is 0 Å². The van der Waals surface area contributed by atoms with Crippen LogP contribution in [0.25, 0.3) is 0 Å². The zero-order valence-electron chi connectivity index (χ0n) is 10.6. The van der Waals surface area contributed by atoms with Gasteiger partial charge in [0.25, 0.3) is 0 Å². The van der Waals surface area contributed by atoms with Crippen LogP contribution in [0.4, 0.5) is 0 Å². The molecule has 2 rings (SSSR count). The van der Waals surface area contributed by atoms with Crippen molar-refractivity contribution in [3.05, 3.63) is 39.8 Å². The molecule has 0 aromatic carbocycles. The second kappa shape index (κ2) is 5.47. The lowest BCUT2D eigenvalue weighted by Crippen LogP contribution is -2.21. The van der Waals surface area contributed by atoms with Crippen molar-refractivity contribution in [2.45, 2.75) is 26.3 Å². The average Bonchev–Trinajstić information content (AvgIpc) is 2.88. The highest BCUT2D eigenvalue weighted by molar-refractivity contribution is 7.10. The van der Waals surface area contributed by atoms with Crippen LogP contribution in [0.2, 0.25) is 0 Å². The molecule has 0 aliphatic carbocycles. The molecular weight excluding hydrogens is 230 g/mol. The Morgan fingerprint density at radius 1 is 1.47 bits per heavy atom. The van der Waals surface area contributed by atoms with Crippen LogP contribution in [0, 0.1) is 6.92 Å². The van der Waals surface area contributed by atoms with E-state index in [1.165, 1.54) is 16.1 Å². The van der Waals surface area contributed by atoms with Crippen molar-refractivity contribution in [1.29, 1.82) is 0 Å². The first kappa shape index (κ1) is 12.3. The number of hydrogen-bond acceptors (Lipinski definition) is 3. The molecule has 0 radical (unpaired) electrons. The van der Waals surface area contributed by atoms with Crippen molar-refractivity contribution < 1.29 is 0 Å². The summed E-state index contributed by atoms with van der Waals surface area (Å²) in [5.41, 5.74) is 2.66. The van der Waals surface area contributed by atoms with Gasteiger partial charge < -0.3 is 5.32 Å². The number of nitrogens with zero attached hydrogens (tertiary/aromatic N) is 2. The Morgan fingerprint density at radius 3 is 2.88 bits per heavy atom. The van der Waals surface area contributed by atoms with Gasteiger partial charge in [-0.25, -0.2) is 0 Å². The molecule has 2 aromatic heterocycles. The van der Waals surface area contributed by atoms with Gasteiger partial charge in [0.1, 0.15) is 0 Å². The van der Waals surface area contributed by atoms with Crippen LogP contribution < -0.4 is 5.32 Å². The number of thiophene rings is 1. The zero-order chi connectivity index (χ0) is 12.3. The summed E-state index contributed by atoms with van der Waals surface area (Å²) in [6.45, 7) is 5.38. The molecule has 1 N–H and O–H groups in total. The number of aromatic nitrogens is 2. The summed E-state index contributed by atoms with van der Waals surface area (Å²) in [5, 5.41) is 9.89. The van der Waals surface area contributed by atoms with Crippen LogP contribution in [0.1, 0.15) is 29.1 Å². The lowest BCUT2D eigenvalue weighted by molar-refractivity contribution is 0.569. The molecule has 0 spiro atoms. The van der Waals surface area contributed by atoms with Crippen LogP contribution >= 0.6 is 11.3 Å². The Bertz CT molecular complexity index is 472. The highest BCUT2D eigenvalue weighted by Gasteiger charge is 2.09. The van der Waals surface area contributed by atoms with Gasteiger partial charge in [-0.1, -0.05) is 0 Å². The lowest BCUT2D eigenvalue weighted by Gasteiger charge is -2.13. The number of nitrogens with one attached hydrogen (secondary N) is 1. The Labute approximate surface area is 106 Å². The van der Waals surface area contributed by atoms with Crippen LogP contribution in [0.15, 0.2) is 23.7 Å². The van der Waals surface area contributed by atoms with E-state index in [-0.39, 0.29) is 0 Å². The van der Waals surface area contributed by atoms with E-state index in [0.29, 0.717) is 6.04 Å². The molecular formula is C13H19N3S. The van der Waals surface area contributed by atoms with Crippen molar-refractivity contribution in [2.24, 2.45) is 7.05 Å². The van der Waals surface area contributed by atoms with Gasteiger partial charge in [-0.2, -0.15) is 5.10 Å². The summed E-state index contributed by atoms with van der Waals surface area (Å²) in [6, 6.07) is 4.69. The molecule has 0 amide bonds. The highest BCUT2D eigenvalue weighted by atomic mass is 32.1. The number of rotatable bonds is 5. The van der Waals surface area contributed by atoms with Crippen LogP contribution in [-0.2, 0) is 13.5 Å². The van der Waals surface area contributed by atoms with E-state index in [9.17, 15) is 0 Å². The molecule has 0 bridgehead atoms. The Hall–Kier alpha value is -1.13. The fourth-order valence-corrected chi connectivity index (χ4v) is 2.94. The van der Waals surface area contributed by atoms with E-state index in [4.69, 9.17) is 0 Å². The van der Waals surface area contributed by atoms with Gasteiger partial charge in [-0.15, -0.1) is 11.3 Å². The van der Waals surface area contributed by atoms with Gasteiger partial charge in [-0.05, 0) is 36.9 Å². The van der Waals surface area contributed by atoms with Gasteiger partial charge >= 0.3 is 0 Å². The third kappa shape index (κ3) is 2.96. The molecule has 0 saturated carbocycles. The average molecular weight is 249 g/mol. The molecule has 3 nitrogen and oxygen atoms in total. The minimum atomic E-state index is 0.434. The second-order valence-electron chi connectivity index (χ2n) is 4.34. The summed E-state index contributed by atoms with van der Waals surface area (Å²) in [5.74, 6) is 0. The van der Waals surface area contributed by atoms with Gasteiger partial charge in [0, 0.05) is 42.8 Å². The molecule has 17 heavy (non-hydrogen) atoms. The Morgan fingerprint density at radius 2 is 2.29 bits per heavy atom. The highest BCUT2D eigenvalue weighted by Crippen LogP contribution is 2.23. The normalized spacial score (nSPS) is 12.9. The van der Waals surface area contributed by atoms with Crippen molar-refractivity contribution in [3.8, 4) is 0 Å². The summed E-state index contributed by atoms with van der Waals surface area (Å²) < 4.78 is 1.93. The minimum absolute atomic E-state index is 0.434. The molecule has 92 valence electrons. The Kier molecular flexibility index (Phi) is 3.97. The van der Waals surface area contributed by atoms with Gasteiger partial charge in [0.2, 0.25) is 0 Å². The second-order valence-corrected chi connectivity index (χ2v) is 5.29. The van der Waals surface area contributed by atoms with E-state index in [0.717, 1.165) is 13.0 Å². The lowest BCUT2D eigenvalue weighted by atomic mass is 10.2. The predicted molar refractivity (Wildman–Crippen MR) is 72.4 cm³/mol. The molecule has 0 saturated heterocycles. The molecule has 1 atom stereocenters. The van der Waals surface area contributed by atoms with Gasteiger partial charge in [0.05, 0.1) is 0 Å². The summed E-state index contributed by atoms with van der Waals surface area (Å²) in [6.07, 6.45) is 2.87. The monoisotopic (exact) mass is 249 g/mol. The van der Waals surface area contributed by atoms with Crippen molar-refractivity contribution >= 4 is 11.3 Å². The van der Waals surface area contributed by atoms with Gasteiger partial charge in [-0.3, -0.25) is 4.68 Å². The largest absolute Gasteiger partial charge is 0.309 e. The smallest absolute Gasteiger partial charge is 0.0492 e. The molecule has 1 unspecified atom stereocenters. The molecule has 2 heterocycles. The molecule has 0 aliphatic rings. The molecule has 2 aromatic rings. The summed E-state index contributed by atoms with van der Waals surface area (Å²) in [7, 11) is 1.99. The SMILES string of the molecule is Cc1ccsc1C(C)NCCc1ccnn1C. The minimum Gasteiger partial charge on any atom is -0.309 e. The molecule has 0 aliphatic heterocycles. The van der Waals surface area contributed by atoms with E-state index in [1.54, 1.807) is 0 Å². The first-order chi connectivity index (χ1) is 8.18. The topological polar surface area (TPSA) is 29.9 Å². The first-order valence-corrected chi connectivity index (χ1v) is 6.80. The fourth-order valence-electron chi connectivity index (χ4n) is 1.98. The van der Waals surface area contributed by atoms with Crippen LogP contribution in [0.3, 0.4) is 0 Å². The van der Waals surface area contributed by atoms with Crippen molar-refractivity contribution in [2.75, 3.05) is 6.54 Å². The quantitative estimate of drug-likeness (QED) is 0.883. The number of hydrogen-bond donors (Lipinski definition) is 1. The standard InChI is InChI=1S/C13H19N3S/c1-10-6-9-17-13(10)11(2)14-7-4-12-5-8-15-16(12)3/h5-6,8-9,11,14H,4,7H2,1-3H3. The fraction of sp³-hybridized carbons (Fsp3) is 0.462. The molecule has 0 fully saturated rings. The maximum absolute atomic E-state index is 4.17. The van der Waals surface area contributed by atoms with E-state index >= 15 is 0 Å². The predicted octanol–water partition coefficient (Wildman–Crippen LogP) is 2.68. The Balaban J connectivity index is 1.83. The maximum Gasteiger partial charge on any atom is 0.0492 e. The zero-order valence-corrected chi connectivity index (χ0v) is 11.4. The van der Waals surface area contributed by atoms with E-state index < -0.39 is 0 Å². The van der Waals surface area contributed by atoms with E-state index in [1.807, 2.05) is 29.3 Å². The van der Waals surface area contributed by atoms with Crippen LogP contribution in [0.5, 0.6) is 0 Å². The third-order valence-electron chi connectivity index (χ3n) is 3.05. The van der Waals surface area contributed by atoms with Crippen molar-refractivity contribution in [3.63, 3.8) is 0 Å². The van der Waals surface area contributed by atoms with E-state index in [2.05, 4.69) is 41.8 Å². The van der Waals surface area contributed by atoms with Crippen molar-refractivity contribution in [1.82, 2.24) is 15.1 Å². The summed E-state index contributed by atoms with van der Waals surface area (Å²) in [4.78, 5) is 1.44. The molecule has 4 heteroatoms.